The van der Waals surface area contributed by atoms with Gasteiger partial charge in [0.15, 0.2) is 5.82 Å². The average molecular weight is 480 g/mol. The minimum atomic E-state index is -0.0534. The summed E-state index contributed by atoms with van der Waals surface area (Å²) in [5.74, 6) is 1.65. The van der Waals surface area contributed by atoms with Crippen LogP contribution in [0.3, 0.4) is 0 Å². The van der Waals surface area contributed by atoms with Crippen LogP contribution in [-0.2, 0) is 11.3 Å². The molecule has 34 heavy (non-hydrogen) atoms. The minimum absolute atomic E-state index is 0.0534. The highest BCUT2D eigenvalue weighted by molar-refractivity contribution is 6.31. The van der Waals surface area contributed by atoms with Gasteiger partial charge in [0.1, 0.15) is 0 Å². The molecule has 0 atom stereocenters. The van der Waals surface area contributed by atoms with Crippen LogP contribution < -0.4 is 10.4 Å². The van der Waals surface area contributed by atoms with E-state index in [1.54, 1.807) is 17.0 Å². The van der Waals surface area contributed by atoms with Gasteiger partial charge in [-0.3, -0.25) is 14.1 Å². The van der Waals surface area contributed by atoms with Crippen molar-refractivity contribution >= 4 is 33.5 Å². The zero-order chi connectivity index (χ0) is 23.1. The van der Waals surface area contributed by atoms with Gasteiger partial charge in [-0.25, -0.2) is 9.78 Å². The lowest BCUT2D eigenvalue weighted by Crippen LogP contribution is -2.25. The van der Waals surface area contributed by atoms with Gasteiger partial charge in [0, 0.05) is 30.5 Å². The van der Waals surface area contributed by atoms with E-state index in [0.29, 0.717) is 34.8 Å². The standard InChI is InChI=1S/C25H26ClN5O3/c26-17-1-4-19-20(13-17)28-23(29-24(19)34-12-8-16-6-10-33-11-7-16)15-30-22-14-27-9-5-21(22)31(25(30)32)18-2-3-18/h1,4-5,9,13-14,16,18H,2-3,6-8,10-12,15H2. The van der Waals surface area contributed by atoms with Crippen LogP contribution in [0, 0.1) is 5.92 Å². The molecule has 4 heterocycles. The van der Waals surface area contributed by atoms with E-state index in [9.17, 15) is 4.79 Å². The number of hydrogen-bond acceptors (Lipinski definition) is 6. The van der Waals surface area contributed by atoms with Crippen molar-refractivity contribution in [2.75, 3.05) is 19.8 Å². The Bertz CT molecular complexity index is 1410. The van der Waals surface area contributed by atoms with E-state index in [1.807, 2.05) is 28.8 Å². The first-order valence-corrected chi connectivity index (χ1v) is 12.3. The first-order valence-electron chi connectivity index (χ1n) is 11.9. The topological polar surface area (TPSA) is 84.1 Å². The Morgan fingerprint density at radius 1 is 1.09 bits per heavy atom. The zero-order valence-corrected chi connectivity index (χ0v) is 19.6. The van der Waals surface area contributed by atoms with Gasteiger partial charge < -0.3 is 9.47 Å². The molecule has 0 bridgehead atoms. The van der Waals surface area contributed by atoms with Crippen LogP contribution in [0.4, 0.5) is 0 Å². The second kappa shape index (κ2) is 9.00. The second-order valence-electron chi connectivity index (χ2n) is 9.13. The zero-order valence-electron chi connectivity index (χ0n) is 18.8. The van der Waals surface area contributed by atoms with Crippen molar-refractivity contribution in [2.24, 2.45) is 5.92 Å². The number of halogens is 1. The molecular weight excluding hydrogens is 454 g/mol. The summed E-state index contributed by atoms with van der Waals surface area (Å²) in [7, 11) is 0. The highest BCUT2D eigenvalue weighted by atomic mass is 35.5. The van der Waals surface area contributed by atoms with E-state index in [4.69, 9.17) is 31.0 Å². The third-order valence-corrected chi connectivity index (χ3v) is 6.99. The molecule has 1 aliphatic heterocycles. The normalized spacial score (nSPS) is 17.0. The summed E-state index contributed by atoms with van der Waals surface area (Å²) in [5.41, 5.74) is 2.34. The highest BCUT2D eigenvalue weighted by Crippen LogP contribution is 2.36. The molecule has 0 spiro atoms. The van der Waals surface area contributed by atoms with Crippen molar-refractivity contribution in [1.82, 2.24) is 24.1 Å². The predicted octanol–water partition coefficient (Wildman–Crippen LogP) is 4.37. The van der Waals surface area contributed by atoms with E-state index in [2.05, 4.69) is 4.98 Å². The quantitative estimate of drug-likeness (QED) is 0.391. The summed E-state index contributed by atoms with van der Waals surface area (Å²) in [5, 5.41) is 1.41. The van der Waals surface area contributed by atoms with Crippen LogP contribution in [0.25, 0.3) is 21.9 Å². The van der Waals surface area contributed by atoms with Crippen molar-refractivity contribution in [1.29, 1.82) is 0 Å². The molecule has 6 rings (SSSR count). The number of nitrogens with zero attached hydrogens (tertiary/aromatic N) is 5. The van der Waals surface area contributed by atoms with Gasteiger partial charge in [0.25, 0.3) is 0 Å². The second-order valence-corrected chi connectivity index (χ2v) is 9.57. The van der Waals surface area contributed by atoms with E-state index >= 15 is 0 Å². The molecule has 0 radical (unpaired) electrons. The smallest absolute Gasteiger partial charge is 0.329 e. The first kappa shape index (κ1) is 21.6. The monoisotopic (exact) mass is 479 g/mol. The number of aromatic nitrogens is 5. The number of imidazole rings is 1. The Morgan fingerprint density at radius 2 is 1.94 bits per heavy atom. The SMILES string of the molecule is O=c1n(Cc2nc(OCCC3CCOCC3)c3ccc(Cl)cc3n2)c2cnccc2n1C1CC1. The number of benzene rings is 1. The lowest BCUT2D eigenvalue weighted by Gasteiger charge is -2.21. The van der Waals surface area contributed by atoms with Crippen LogP contribution in [0.1, 0.15) is 44.0 Å². The Hall–Kier alpha value is -2.97. The van der Waals surface area contributed by atoms with Crippen LogP contribution >= 0.6 is 11.6 Å². The molecule has 1 aliphatic carbocycles. The molecule has 0 N–H and O–H groups in total. The molecule has 3 aromatic heterocycles. The number of rotatable bonds is 7. The van der Waals surface area contributed by atoms with Gasteiger partial charge >= 0.3 is 5.69 Å². The van der Waals surface area contributed by atoms with Crippen LogP contribution in [-0.4, -0.2) is 43.9 Å². The fraction of sp³-hybridized carbons (Fsp3) is 0.440. The third-order valence-electron chi connectivity index (χ3n) is 6.75. The molecule has 1 saturated carbocycles. The van der Waals surface area contributed by atoms with Gasteiger partial charge in [0.05, 0.1) is 41.3 Å². The largest absolute Gasteiger partial charge is 0.477 e. The van der Waals surface area contributed by atoms with Crippen molar-refractivity contribution in [3.8, 4) is 5.88 Å². The molecular formula is C25H26ClN5O3. The average Bonchev–Trinajstić information content (AvgIpc) is 3.64. The Labute approximate surface area is 201 Å². The molecule has 4 aromatic rings. The summed E-state index contributed by atoms with van der Waals surface area (Å²) in [6, 6.07) is 7.68. The fourth-order valence-corrected chi connectivity index (χ4v) is 4.93. The number of hydrogen-bond donors (Lipinski definition) is 0. The van der Waals surface area contributed by atoms with E-state index in [0.717, 1.165) is 61.7 Å². The van der Waals surface area contributed by atoms with Crippen LogP contribution in [0.5, 0.6) is 5.88 Å². The highest BCUT2D eigenvalue weighted by Gasteiger charge is 2.29. The molecule has 2 fully saturated rings. The van der Waals surface area contributed by atoms with E-state index < -0.39 is 0 Å². The molecule has 0 unspecified atom stereocenters. The summed E-state index contributed by atoms with van der Waals surface area (Å²) < 4.78 is 15.2. The molecule has 2 aliphatic rings. The number of fused-ring (bicyclic) bond motifs is 2. The first-order chi connectivity index (χ1) is 16.7. The maximum absolute atomic E-state index is 13.3. The third kappa shape index (κ3) is 4.16. The van der Waals surface area contributed by atoms with Crippen LogP contribution in [0.2, 0.25) is 5.02 Å². The van der Waals surface area contributed by atoms with Gasteiger partial charge in [-0.15, -0.1) is 0 Å². The van der Waals surface area contributed by atoms with Gasteiger partial charge in [-0.1, -0.05) is 11.6 Å². The minimum Gasteiger partial charge on any atom is -0.477 e. The number of ether oxygens (including phenoxy) is 2. The van der Waals surface area contributed by atoms with E-state index in [1.165, 1.54) is 0 Å². The van der Waals surface area contributed by atoms with Crippen molar-refractivity contribution in [3.05, 3.63) is 58.0 Å². The van der Waals surface area contributed by atoms with Crippen molar-refractivity contribution in [3.63, 3.8) is 0 Å². The van der Waals surface area contributed by atoms with E-state index in [-0.39, 0.29) is 18.3 Å². The Morgan fingerprint density at radius 3 is 2.76 bits per heavy atom. The van der Waals surface area contributed by atoms with Crippen LogP contribution in [0.15, 0.2) is 41.5 Å². The molecule has 1 saturated heterocycles. The Balaban J connectivity index is 1.34. The van der Waals surface area contributed by atoms with Gasteiger partial charge in [-0.05, 0) is 62.3 Å². The molecule has 0 amide bonds. The lowest BCUT2D eigenvalue weighted by molar-refractivity contribution is 0.0592. The number of pyridine rings is 1. The molecule has 1 aromatic carbocycles. The molecule has 176 valence electrons. The Kier molecular flexibility index (Phi) is 5.71. The summed E-state index contributed by atoms with van der Waals surface area (Å²) in [6.07, 6.45) is 8.60. The summed E-state index contributed by atoms with van der Waals surface area (Å²) >= 11 is 6.26. The molecule has 8 nitrogen and oxygen atoms in total. The predicted molar refractivity (Wildman–Crippen MR) is 130 cm³/mol. The summed E-state index contributed by atoms with van der Waals surface area (Å²) in [4.78, 5) is 27.0. The maximum Gasteiger partial charge on any atom is 0.329 e. The fourth-order valence-electron chi connectivity index (χ4n) is 4.76. The maximum atomic E-state index is 13.3. The summed E-state index contributed by atoms with van der Waals surface area (Å²) in [6.45, 7) is 2.45. The van der Waals surface area contributed by atoms with Crippen molar-refractivity contribution in [2.45, 2.75) is 44.7 Å². The van der Waals surface area contributed by atoms with Crippen molar-refractivity contribution < 1.29 is 9.47 Å². The van der Waals surface area contributed by atoms with Gasteiger partial charge in [-0.2, -0.15) is 4.98 Å². The lowest BCUT2D eigenvalue weighted by atomic mass is 9.97. The molecule has 9 heteroatoms. The van der Waals surface area contributed by atoms with Gasteiger partial charge in [0.2, 0.25) is 5.88 Å².